The molecule has 5 heteroatoms. The molecule has 3 rings (SSSR count). The van der Waals surface area contributed by atoms with Gasteiger partial charge in [-0.3, -0.25) is 4.90 Å². The molecular weight excluding hydrogens is 264 g/mol. The van der Waals surface area contributed by atoms with Gasteiger partial charge in [0.1, 0.15) is 0 Å². The van der Waals surface area contributed by atoms with Gasteiger partial charge >= 0.3 is 0 Å². The first kappa shape index (κ1) is 14.3. The molecule has 2 heterocycles. The molecule has 5 nitrogen and oxygen atoms in total. The summed E-state index contributed by atoms with van der Waals surface area (Å²) in [4.78, 5) is 2.31. The molecule has 0 aliphatic carbocycles. The van der Waals surface area contributed by atoms with Gasteiger partial charge in [-0.2, -0.15) is 5.10 Å². The van der Waals surface area contributed by atoms with E-state index in [0.717, 1.165) is 38.5 Å². The van der Waals surface area contributed by atoms with Gasteiger partial charge in [0.15, 0.2) is 0 Å². The fourth-order valence-electron chi connectivity index (χ4n) is 2.64. The molecule has 0 radical (unpaired) electrons. The standard InChI is InChI=1S/C16H22N4O/c1-19(13-16-11-17-8-10-21-16)12-14-3-5-15(6-4-14)20-9-2-7-18-20/h2-7,9,16-17H,8,10-13H2,1H3. The zero-order valence-corrected chi connectivity index (χ0v) is 12.4. The monoisotopic (exact) mass is 286 g/mol. The van der Waals surface area contributed by atoms with E-state index in [2.05, 4.69) is 46.6 Å². The molecule has 1 aliphatic heterocycles. The highest BCUT2D eigenvalue weighted by Gasteiger charge is 2.15. The Morgan fingerprint density at radius 2 is 2.24 bits per heavy atom. The molecule has 0 amide bonds. The van der Waals surface area contributed by atoms with Crippen molar-refractivity contribution in [2.75, 3.05) is 33.3 Å². The lowest BCUT2D eigenvalue weighted by molar-refractivity contribution is 0.00885. The molecule has 0 saturated carbocycles. The van der Waals surface area contributed by atoms with Crippen LogP contribution in [0.1, 0.15) is 5.56 Å². The first-order valence-corrected chi connectivity index (χ1v) is 7.41. The molecule has 0 spiro atoms. The van der Waals surface area contributed by atoms with Crippen LogP contribution in [0.2, 0.25) is 0 Å². The molecule has 1 saturated heterocycles. The predicted molar refractivity (Wildman–Crippen MR) is 82.5 cm³/mol. The predicted octanol–water partition coefficient (Wildman–Crippen LogP) is 1.29. The Kier molecular flexibility index (Phi) is 4.65. The average Bonchev–Trinajstić information content (AvgIpc) is 3.03. The number of aromatic nitrogens is 2. The van der Waals surface area contributed by atoms with Crippen LogP contribution in [0.15, 0.2) is 42.7 Å². The summed E-state index contributed by atoms with van der Waals surface area (Å²) >= 11 is 0. The molecule has 1 aliphatic rings. The lowest BCUT2D eigenvalue weighted by Crippen LogP contribution is -2.44. The number of likely N-dealkylation sites (N-methyl/N-ethyl adjacent to an activating group) is 1. The summed E-state index contributed by atoms with van der Waals surface area (Å²) in [5, 5.41) is 7.60. The second-order valence-corrected chi connectivity index (χ2v) is 5.51. The third-order valence-corrected chi connectivity index (χ3v) is 3.68. The Bertz CT molecular complexity index is 532. The summed E-state index contributed by atoms with van der Waals surface area (Å²) in [6.07, 6.45) is 4.04. The minimum atomic E-state index is 0.298. The number of nitrogens with one attached hydrogen (secondary N) is 1. The van der Waals surface area contributed by atoms with Gasteiger partial charge in [0, 0.05) is 38.6 Å². The molecule has 21 heavy (non-hydrogen) atoms. The lowest BCUT2D eigenvalue weighted by atomic mass is 10.2. The van der Waals surface area contributed by atoms with Crippen LogP contribution < -0.4 is 5.32 Å². The van der Waals surface area contributed by atoms with Crippen LogP contribution in [0, 0.1) is 0 Å². The lowest BCUT2D eigenvalue weighted by Gasteiger charge is -2.28. The summed E-state index contributed by atoms with van der Waals surface area (Å²) in [5.74, 6) is 0. The van der Waals surface area contributed by atoms with Crippen LogP contribution in [0.25, 0.3) is 5.69 Å². The fourth-order valence-corrected chi connectivity index (χ4v) is 2.64. The van der Waals surface area contributed by atoms with Crippen molar-refractivity contribution in [1.82, 2.24) is 20.0 Å². The van der Waals surface area contributed by atoms with Gasteiger partial charge in [-0.15, -0.1) is 0 Å². The van der Waals surface area contributed by atoms with Crippen molar-refractivity contribution in [3.8, 4) is 5.69 Å². The Labute approximate surface area is 125 Å². The first-order valence-electron chi connectivity index (χ1n) is 7.41. The summed E-state index contributed by atoms with van der Waals surface area (Å²) in [5.41, 5.74) is 2.39. The second-order valence-electron chi connectivity index (χ2n) is 5.51. The van der Waals surface area contributed by atoms with Crippen LogP contribution in [0.5, 0.6) is 0 Å². The summed E-state index contributed by atoms with van der Waals surface area (Å²) in [6, 6.07) is 10.5. The number of hydrogen-bond acceptors (Lipinski definition) is 4. The van der Waals surface area contributed by atoms with E-state index in [1.807, 2.05) is 16.9 Å². The topological polar surface area (TPSA) is 42.3 Å². The van der Waals surface area contributed by atoms with E-state index in [4.69, 9.17) is 4.74 Å². The van der Waals surface area contributed by atoms with Crippen LogP contribution in [0.4, 0.5) is 0 Å². The third-order valence-electron chi connectivity index (χ3n) is 3.68. The van der Waals surface area contributed by atoms with E-state index < -0.39 is 0 Å². The molecule has 112 valence electrons. The number of morpholine rings is 1. The van der Waals surface area contributed by atoms with E-state index in [0.29, 0.717) is 6.10 Å². The van der Waals surface area contributed by atoms with E-state index in [1.165, 1.54) is 5.56 Å². The van der Waals surface area contributed by atoms with E-state index >= 15 is 0 Å². The largest absolute Gasteiger partial charge is 0.374 e. The summed E-state index contributed by atoms with van der Waals surface area (Å²) in [7, 11) is 2.14. The Morgan fingerprint density at radius 3 is 2.90 bits per heavy atom. The summed E-state index contributed by atoms with van der Waals surface area (Å²) < 4.78 is 7.61. The number of benzene rings is 1. The molecule has 1 aromatic carbocycles. The number of ether oxygens (including phenoxy) is 1. The van der Waals surface area contributed by atoms with Crippen LogP contribution >= 0.6 is 0 Å². The van der Waals surface area contributed by atoms with Gasteiger partial charge in [0.25, 0.3) is 0 Å². The molecule has 1 fully saturated rings. The maximum absolute atomic E-state index is 5.74. The Hall–Kier alpha value is -1.69. The number of nitrogens with zero attached hydrogens (tertiary/aromatic N) is 3. The van der Waals surface area contributed by atoms with Crippen molar-refractivity contribution in [2.24, 2.45) is 0 Å². The van der Waals surface area contributed by atoms with E-state index in [1.54, 1.807) is 6.20 Å². The Balaban J connectivity index is 1.54. The molecule has 0 bridgehead atoms. The molecule has 1 aromatic heterocycles. The number of rotatable bonds is 5. The van der Waals surface area contributed by atoms with Crippen LogP contribution in [-0.4, -0.2) is 54.1 Å². The van der Waals surface area contributed by atoms with E-state index in [9.17, 15) is 0 Å². The van der Waals surface area contributed by atoms with Crippen molar-refractivity contribution in [1.29, 1.82) is 0 Å². The van der Waals surface area contributed by atoms with E-state index in [-0.39, 0.29) is 0 Å². The highest BCUT2D eigenvalue weighted by molar-refractivity contribution is 5.33. The van der Waals surface area contributed by atoms with Gasteiger partial charge in [-0.1, -0.05) is 12.1 Å². The van der Waals surface area contributed by atoms with Crippen molar-refractivity contribution < 1.29 is 4.74 Å². The zero-order valence-electron chi connectivity index (χ0n) is 12.4. The maximum atomic E-state index is 5.74. The van der Waals surface area contributed by atoms with Crippen LogP contribution in [0.3, 0.4) is 0 Å². The normalized spacial score (nSPS) is 19.0. The highest BCUT2D eigenvalue weighted by Crippen LogP contribution is 2.11. The molecule has 2 aromatic rings. The van der Waals surface area contributed by atoms with Gasteiger partial charge in [-0.05, 0) is 30.8 Å². The van der Waals surface area contributed by atoms with Crippen molar-refractivity contribution >= 4 is 0 Å². The van der Waals surface area contributed by atoms with Crippen LogP contribution in [-0.2, 0) is 11.3 Å². The summed E-state index contributed by atoms with van der Waals surface area (Å²) in [6.45, 7) is 4.61. The van der Waals surface area contributed by atoms with Crippen molar-refractivity contribution in [3.63, 3.8) is 0 Å². The van der Waals surface area contributed by atoms with Crippen molar-refractivity contribution in [2.45, 2.75) is 12.6 Å². The third kappa shape index (κ3) is 3.91. The van der Waals surface area contributed by atoms with Gasteiger partial charge < -0.3 is 10.1 Å². The molecule has 1 atom stereocenters. The average molecular weight is 286 g/mol. The molecule has 1 unspecified atom stereocenters. The van der Waals surface area contributed by atoms with Gasteiger partial charge in [0.05, 0.1) is 18.4 Å². The minimum Gasteiger partial charge on any atom is -0.374 e. The minimum absolute atomic E-state index is 0.298. The van der Waals surface area contributed by atoms with Crippen molar-refractivity contribution in [3.05, 3.63) is 48.3 Å². The quantitative estimate of drug-likeness (QED) is 0.899. The number of hydrogen-bond donors (Lipinski definition) is 1. The SMILES string of the molecule is CN(Cc1ccc(-n2cccn2)cc1)CC1CNCCO1. The maximum Gasteiger partial charge on any atom is 0.0826 e. The smallest absolute Gasteiger partial charge is 0.0826 e. The van der Waals surface area contributed by atoms with Gasteiger partial charge in [0.2, 0.25) is 0 Å². The van der Waals surface area contributed by atoms with Gasteiger partial charge in [-0.25, -0.2) is 4.68 Å². The second kappa shape index (κ2) is 6.85. The first-order chi connectivity index (χ1) is 10.3. The zero-order chi connectivity index (χ0) is 14.5. The molecule has 1 N–H and O–H groups in total. The fraction of sp³-hybridized carbons (Fsp3) is 0.438. The Morgan fingerprint density at radius 1 is 1.38 bits per heavy atom. The molecular formula is C16H22N4O. The highest BCUT2D eigenvalue weighted by atomic mass is 16.5.